The average molecular weight is 579 g/mol. The number of nitrogens with one attached hydrogen (secondary N) is 1. The van der Waals surface area contributed by atoms with Crippen LogP contribution in [0.5, 0.6) is 5.88 Å². The number of benzene rings is 2. The molecule has 210 valence electrons. The number of aromatic nitrogens is 3. The Labute approximate surface area is 235 Å². The van der Waals surface area contributed by atoms with Gasteiger partial charge in [-0.3, -0.25) is 4.79 Å². The first-order valence-corrected chi connectivity index (χ1v) is 13.6. The third-order valence-corrected chi connectivity index (χ3v) is 7.81. The van der Waals surface area contributed by atoms with Crippen molar-refractivity contribution in [2.75, 3.05) is 18.5 Å². The number of hydrogen-bond donors (Lipinski definition) is 2. The van der Waals surface area contributed by atoms with Gasteiger partial charge >= 0.3 is 0 Å². The van der Waals surface area contributed by atoms with Crippen LogP contribution in [0.4, 0.5) is 20.2 Å². The molecular weight excluding hydrogens is 554 g/mol. The van der Waals surface area contributed by atoms with Crippen LogP contribution in [-0.2, 0) is 23.9 Å². The molecule has 2 aromatic heterocycles. The Morgan fingerprint density at radius 3 is 2.59 bits per heavy atom. The fraction of sp³-hybridized carbons (Fsp3) is 0.214. The fourth-order valence-corrected chi connectivity index (χ4v) is 5.70. The topological polar surface area (TPSA) is 130 Å². The van der Waals surface area contributed by atoms with E-state index in [0.717, 1.165) is 29.8 Å². The number of rotatable bonds is 7. The minimum absolute atomic E-state index is 0.0244. The van der Waals surface area contributed by atoms with E-state index < -0.39 is 33.8 Å². The molecule has 1 atom stereocenters. The molecule has 0 saturated heterocycles. The second-order valence-electron chi connectivity index (χ2n) is 9.30. The van der Waals surface area contributed by atoms with Crippen molar-refractivity contribution in [3.63, 3.8) is 0 Å². The van der Waals surface area contributed by atoms with Crippen LogP contribution in [0, 0.1) is 23.0 Å². The molecule has 0 saturated carbocycles. The molecule has 2 aromatic carbocycles. The molecule has 0 radical (unpaired) electrons. The van der Waals surface area contributed by atoms with E-state index >= 15 is 8.78 Å². The van der Waals surface area contributed by atoms with Crippen molar-refractivity contribution in [1.82, 2.24) is 19.9 Å². The van der Waals surface area contributed by atoms with Crippen molar-refractivity contribution in [1.29, 1.82) is 5.26 Å². The van der Waals surface area contributed by atoms with Gasteiger partial charge < -0.3 is 14.6 Å². The number of nitrogens with zero attached hydrogens (tertiary/aromatic N) is 5. The van der Waals surface area contributed by atoms with E-state index in [4.69, 9.17) is 4.74 Å². The lowest BCUT2D eigenvalue weighted by atomic mass is 9.89. The number of halogens is 2. The van der Waals surface area contributed by atoms with Crippen molar-refractivity contribution >= 4 is 28.2 Å². The molecule has 5 rings (SSSR count). The molecular formula is C28H24F2N6O4S. The van der Waals surface area contributed by atoms with Gasteiger partial charge in [-0.05, 0) is 42.2 Å². The summed E-state index contributed by atoms with van der Waals surface area (Å²) in [4.78, 5) is 20.2. The van der Waals surface area contributed by atoms with Crippen molar-refractivity contribution in [2.45, 2.75) is 25.3 Å². The summed E-state index contributed by atoms with van der Waals surface area (Å²) in [6.45, 7) is 0.597. The van der Waals surface area contributed by atoms with E-state index in [1.54, 1.807) is 37.6 Å². The maximum Gasteiger partial charge on any atom is 0.271 e. The summed E-state index contributed by atoms with van der Waals surface area (Å²) in [6, 6.07) is 11.8. The van der Waals surface area contributed by atoms with Gasteiger partial charge in [0, 0.05) is 25.7 Å². The van der Waals surface area contributed by atoms with E-state index in [-0.39, 0.29) is 34.5 Å². The molecule has 1 aliphatic rings. The van der Waals surface area contributed by atoms with Gasteiger partial charge in [-0.2, -0.15) is 5.26 Å². The van der Waals surface area contributed by atoms with E-state index in [2.05, 4.69) is 15.3 Å². The summed E-state index contributed by atoms with van der Waals surface area (Å²) in [7, 11) is -0.683. The zero-order valence-electron chi connectivity index (χ0n) is 22.0. The van der Waals surface area contributed by atoms with Gasteiger partial charge in [0.25, 0.3) is 5.91 Å². The lowest BCUT2D eigenvalue weighted by Gasteiger charge is -2.25. The van der Waals surface area contributed by atoms with Gasteiger partial charge in [-0.1, -0.05) is 24.3 Å². The largest absolute Gasteiger partial charge is 0.479 e. The number of carbonyl (C=O) groups excluding carboxylic acids is 1. The molecule has 1 aliphatic heterocycles. The molecule has 0 bridgehead atoms. The Balaban J connectivity index is 1.48. The van der Waals surface area contributed by atoms with Crippen LogP contribution in [0.3, 0.4) is 0 Å². The number of pyridine rings is 1. The van der Waals surface area contributed by atoms with Crippen LogP contribution < -0.4 is 14.4 Å². The number of imidazole rings is 1. The van der Waals surface area contributed by atoms with Gasteiger partial charge in [0.1, 0.15) is 23.3 Å². The Kier molecular flexibility index (Phi) is 7.67. The number of nitriles is 1. The molecule has 13 heteroatoms. The lowest BCUT2D eigenvalue weighted by Crippen LogP contribution is -2.23. The van der Waals surface area contributed by atoms with E-state index in [9.17, 15) is 18.5 Å². The van der Waals surface area contributed by atoms with Gasteiger partial charge in [0.05, 0.1) is 35.9 Å². The first kappa shape index (κ1) is 27.7. The van der Waals surface area contributed by atoms with Gasteiger partial charge in [-0.15, -0.1) is 0 Å². The summed E-state index contributed by atoms with van der Waals surface area (Å²) in [5.41, 5.74) is 1.41. The quantitative estimate of drug-likeness (QED) is 0.319. The lowest BCUT2D eigenvalue weighted by molar-refractivity contribution is 0.0957. The number of fused-ring (bicyclic) bond motifs is 1. The van der Waals surface area contributed by atoms with Crippen LogP contribution in [0.2, 0.25) is 0 Å². The zero-order chi connectivity index (χ0) is 29.3. The third-order valence-electron chi connectivity index (χ3n) is 7.05. The number of ether oxygens (including phenoxy) is 1. The predicted octanol–water partition coefficient (Wildman–Crippen LogP) is 3.86. The van der Waals surface area contributed by atoms with Gasteiger partial charge in [-0.25, -0.2) is 31.5 Å². The number of amides is 1. The zero-order valence-corrected chi connectivity index (χ0v) is 22.9. The van der Waals surface area contributed by atoms with Gasteiger partial charge in [0.2, 0.25) is 16.8 Å². The first-order valence-electron chi connectivity index (χ1n) is 12.5. The molecule has 0 aliphatic carbocycles. The van der Waals surface area contributed by atoms with Crippen molar-refractivity contribution in [2.24, 2.45) is 0 Å². The minimum Gasteiger partial charge on any atom is -0.479 e. The smallest absolute Gasteiger partial charge is 0.271 e. The molecule has 10 nitrogen and oxygen atoms in total. The molecule has 1 amide bonds. The molecule has 41 heavy (non-hydrogen) atoms. The Hall–Kier alpha value is -4.83. The average Bonchev–Trinajstić information content (AvgIpc) is 3.41. The highest BCUT2D eigenvalue weighted by Gasteiger charge is 2.27. The molecule has 0 unspecified atom stereocenters. The summed E-state index contributed by atoms with van der Waals surface area (Å²) in [6.07, 6.45) is 4.23. The Morgan fingerprint density at radius 1 is 1.17 bits per heavy atom. The molecule has 3 heterocycles. The van der Waals surface area contributed by atoms with E-state index in [1.165, 1.54) is 19.4 Å². The van der Waals surface area contributed by atoms with Crippen LogP contribution in [0.1, 0.15) is 39.6 Å². The van der Waals surface area contributed by atoms with Crippen LogP contribution in [0.25, 0.3) is 11.1 Å². The minimum atomic E-state index is -3.49. The van der Waals surface area contributed by atoms with Crippen molar-refractivity contribution in [3.05, 3.63) is 89.1 Å². The first-order chi connectivity index (χ1) is 19.8. The maximum atomic E-state index is 15.9. The van der Waals surface area contributed by atoms with Crippen molar-refractivity contribution < 1.29 is 26.7 Å². The third kappa shape index (κ3) is 5.09. The normalized spacial score (nSPS) is 14.3. The molecule has 0 spiro atoms. The Morgan fingerprint density at radius 2 is 1.93 bits per heavy atom. The summed E-state index contributed by atoms with van der Waals surface area (Å²) < 4.78 is 63.3. The number of anilines is 2. The second-order valence-corrected chi connectivity index (χ2v) is 10.2. The number of methoxy groups -OCH3 is 1. The monoisotopic (exact) mass is 578 g/mol. The van der Waals surface area contributed by atoms with E-state index in [0.29, 0.717) is 23.0 Å². The summed E-state index contributed by atoms with van der Waals surface area (Å²) >= 11 is 0. The molecule has 4 aromatic rings. The fourth-order valence-electron chi connectivity index (χ4n) is 5.05. The van der Waals surface area contributed by atoms with E-state index in [1.807, 2.05) is 10.6 Å². The molecule has 0 fully saturated rings. The Bertz CT molecular complexity index is 1760. The maximum absolute atomic E-state index is 15.9. The number of thiol groups is 1. The van der Waals surface area contributed by atoms with Crippen LogP contribution in [-0.4, -0.2) is 43.0 Å². The predicted molar refractivity (Wildman–Crippen MR) is 146 cm³/mol. The SMILES string of the molecule is CNC(=O)c1ncn2c1CC[C@H](c1ccc(-c3c(F)ccc(N(c4cc(C#N)cnc4OC)[SH](=O)=O)c3F)cc1)C2. The van der Waals surface area contributed by atoms with Crippen LogP contribution >= 0.6 is 0 Å². The number of carbonyl (C=O) groups is 1. The number of hydrogen-bond acceptors (Lipinski definition) is 7. The summed E-state index contributed by atoms with van der Waals surface area (Å²) in [5, 5.41) is 11.8. The van der Waals surface area contributed by atoms with Gasteiger partial charge in [0.15, 0.2) is 5.82 Å². The highest BCUT2D eigenvalue weighted by Crippen LogP contribution is 2.39. The highest BCUT2D eigenvalue weighted by molar-refractivity contribution is 7.74. The molecule has 1 N–H and O–H groups in total. The highest BCUT2D eigenvalue weighted by atomic mass is 32.2. The second kappa shape index (κ2) is 11.3. The standard InChI is InChI=1S/C28H24F2N6O4S/c1-32-27(37)26-22-9-7-19(14-35(22)15-34-26)17-3-5-18(6-4-17)24-20(29)8-10-21(25(24)30)36(41(38)39)23-11-16(12-31)13-33-28(23)40-2/h3-6,8,10-11,13,15,19,41H,7,9,14H2,1-2H3,(H,32,37)/t19-/m0/s1. The summed E-state index contributed by atoms with van der Waals surface area (Å²) in [5.74, 6) is -2.28. The van der Waals surface area contributed by atoms with Crippen molar-refractivity contribution in [3.8, 4) is 23.1 Å². The van der Waals surface area contributed by atoms with Crippen LogP contribution in [0.15, 0.2) is 55.0 Å².